The number of pyridine rings is 1. The van der Waals surface area contributed by atoms with Gasteiger partial charge in [-0.3, -0.25) is 0 Å². The first kappa shape index (κ1) is 14.4. The fourth-order valence-electron chi connectivity index (χ4n) is 1.05. The molecule has 0 radical (unpaired) electrons. The molecular weight excluding hydrogens is 260 g/mol. The highest BCUT2D eigenvalue weighted by Gasteiger charge is 2.20. The number of nitrogens with one attached hydrogen (secondary N) is 1. The minimum atomic E-state index is -3.50. The second-order valence-corrected chi connectivity index (χ2v) is 6.81. The number of rotatable bonds is 5. The molecule has 0 saturated carbocycles. The molecule has 0 amide bonds. The van der Waals surface area contributed by atoms with Crippen molar-refractivity contribution in [3.05, 3.63) is 23.5 Å². The summed E-state index contributed by atoms with van der Waals surface area (Å²) in [5, 5.41) is 0.169. The summed E-state index contributed by atoms with van der Waals surface area (Å²) >= 11 is 5.66. The quantitative estimate of drug-likeness (QED) is 0.841. The van der Waals surface area contributed by atoms with E-state index in [4.69, 9.17) is 11.6 Å². The lowest BCUT2D eigenvalue weighted by Crippen LogP contribution is -2.33. The Bertz CT molecular complexity index is 486. The summed E-state index contributed by atoms with van der Waals surface area (Å²) < 4.78 is 26.5. The molecular formula is C11H17ClN2O2S. The second kappa shape index (κ2) is 5.33. The number of nitrogens with zero attached hydrogens (tertiary/aromatic N) is 1. The Kier molecular flexibility index (Phi) is 4.52. The number of sulfonamides is 1. The van der Waals surface area contributed by atoms with E-state index in [2.05, 4.69) is 9.71 Å². The third-order valence-electron chi connectivity index (χ3n) is 2.71. The van der Waals surface area contributed by atoms with Gasteiger partial charge in [-0.1, -0.05) is 32.4 Å². The number of hydrogen-bond donors (Lipinski definition) is 1. The zero-order valence-electron chi connectivity index (χ0n) is 10.2. The molecule has 1 rings (SSSR count). The third-order valence-corrected chi connectivity index (χ3v) is 4.31. The molecule has 0 fully saturated rings. The molecule has 0 spiro atoms. The first-order chi connectivity index (χ1) is 7.77. The molecule has 96 valence electrons. The van der Waals surface area contributed by atoms with Crippen LogP contribution in [-0.4, -0.2) is 19.9 Å². The molecule has 6 heteroatoms. The Morgan fingerprint density at radius 3 is 2.65 bits per heavy atom. The first-order valence-corrected chi connectivity index (χ1v) is 7.24. The lowest BCUT2D eigenvalue weighted by Gasteiger charge is -2.22. The van der Waals surface area contributed by atoms with Crippen LogP contribution in [0.4, 0.5) is 0 Å². The van der Waals surface area contributed by atoms with Crippen molar-refractivity contribution in [2.75, 3.05) is 6.54 Å². The van der Waals surface area contributed by atoms with Crippen LogP contribution in [0.2, 0.25) is 5.15 Å². The minimum Gasteiger partial charge on any atom is -0.244 e. The Balaban J connectivity index is 2.83. The molecule has 0 saturated heterocycles. The highest BCUT2D eigenvalue weighted by Crippen LogP contribution is 2.19. The summed E-state index contributed by atoms with van der Waals surface area (Å²) in [7, 11) is -3.50. The zero-order chi connectivity index (χ0) is 13.1. The normalized spacial score (nSPS) is 12.7. The number of aromatic nitrogens is 1. The van der Waals surface area contributed by atoms with E-state index >= 15 is 0 Å². The predicted octanol–water partition coefficient (Wildman–Crippen LogP) is 2.45. The topological polar surface area (TPSA) is 59.1 Å². The average molecular weight is 277 g/mol. The van der Waals surface area contributed by atoms with E-state index in [-0.39, 0.29) is 15.5 Å². The van der Waals surface area contributed by atoms with E-state index in [9.17, 15) is 8.42 Å². The van der Waals surface area contributed by atoms with Crippen molar-refractivity contribution in [2.45, 2.75) is 32.1 Å². The van der Waals surface area contributed by atoms with Crippen molar-refractivity contribution in [3.8, 4) is 0 Å². The average Bonchev–Trinajstić information content (AvgIpc) is 2.27. The van der Waals surface area contributed by atoms with Gasteiger partial charge in [0.25, 0.3) is 0 Å². The molecule has 0 aliphatic heterocycles. The van der Waals surface area contributed by atoms with Gasteiger partial charge in [-0.15, -0.1) is 0 Å². The molecule has 0 aliphatic carbocycles. The van der Waals surface area contributed by atoms with Crippen molar-refractivity contribution >= 4 is 21.6 Å². The van der Waals surface area contributed by atoms with Crippen LogP contribution >= 0.6 is 11.6 Å². The van der Waals surface area contributed by atoms with Crippen LogP contribution in [0.5, 0.6) is 0 Å². The van der Waals surface area contributed by atoms with Crippen LogP contribution in [-0.2, 0) is 10.0 Å². The molecule has 17 heavy (non-hydrogen) atoms. The van der Waals surface area contributed by atoms with Crippen LogP contribution in [0.15, 0.2) is 23.2 Å². The van der Waals surface area contributed by atoms with Gasteiger partial charge in [0.15, 0.2) is 0 Å². The Hall–Kier alpha value is -0.650. The zero-order valence-corrected chi connectivity index (χ0v) is 11.8. The summed E-state index contributed by atoms with van der Waals surface area (Å²) in [4.78, 5) is 3.89. The molecule has 0 unspecified atom stereocenters. The van der Waals surface area contributed by atoms with Gasteiger partial charge < -0.3 is 0 Å². The predicted molar refractivity (Wildman–Crippen MR) is 68.5 cm³/mol. The van der Waals surface area contributed by atoms with E-state index < -0.39 is 10.0 Å². The number of hydrogen-bond acceptors (Lipinski definition) is 3. The van der Waals surface area contributed by atoms with Crippen LogP contribution < -0.4 is 4.72 Å². The molecule has 1 aromatic rings. The van der Waals surface area contributed by atoms with E-state index in [1.807, 2.05) is 20.8 Å². The molecule has 1 heterocycles. The summed E-state index contributed by atoms with van der Waals surface area (Å²) in [5.74, 6) is 0. The van der Waals surface area contributed by atoms with Crippen molar-refractivity contribution in [1.29, 1.82) is 0 Å². The lowest BCUT2D eigenvalue weighted by molar-refractivity contribution is 0.350. The van der Waals surface area contributed by atoms with Crippen molar-refractivity contribution in [3.63, 3.8) is 0 Å². The fourth-order valence-corrected chi connectivity index (χ4v) is 2.54. The first-order valence-electron chi connectivity index (χ1n) is 5.38. The van der Waals surface area contributed by atoms with Gasteiger partial charge in [0.05, 0.1) is 4.90 Å². The maximum absolute atomic E-state index is 11.9. The Morgan fingerprint density at radius 1 is 1.47 bits per heavy atom. The molecule has 1 aromatic heterocycles. The van der Waals surface area contributed by atoms with E-state index in [1.165, 1.54) is 18.3 Å². The van der Waals surface area contributed by atoms with Gasteiger partial charge in [-0.2, -0.15) is 0 Å². The van der Waals surface area contributed by atoms with Crippen LogP contribution in [0.25, 0.3) is 0 Å². The van der Waals surface area contributed by atoms with Gasteiger partial charge in [0.2, 0.25) is 10.0 Å². The van der Waals surface area contributed by atoms with Crippen molar-refractivity contribution < 1.29 is 8.42 Å². The maximum Gasteiger partial charge on any atom is 0.240 e. The third kappa shape index (κ3) is 4.26. The van der Waals surface area contributed by atoms with E-state index in [1.54, 1.807) is 0 Å². The molecule has 4 nitrogen and oxygen atoms in total. The van der Waals surface area contributed by atoms with Gasteiger partial charge in [-0.25, -0.2) is 18.1 Å². The molecule has 0 atom stereocenters. The molecule has 0 bridgehead atoms. The van der Waals surface area contributed by atoms with Gasteiger partial charge in [0, 0.05) is 12.7 Å². The van der Waals surface area contributed by atoms with Gasteiger partial charge in [-0.05, 0) is 24.0 Å². The van der Waals surface area contributed by atoms with E-state index in [0.717, 1.165) is 6.42 Å². The lowest BCUT2D eigenvalue weighted by atomic mass is 9.91. The Morgan fingerprint density at radius 2 is 2.12 bits per heavy atom. The standard InChI is InChI=1S/C11H17ClN2O2S/c1-4-11(2,3)8-14-17(15,16)9-5-6-13-10(12)7-9/h5-7,14H,4,8H2,1-3H3. The molecule has 0 aliphatic rings. The van der Waals surface area contributed by atoms with Crippen molar-refractivity contribution in [1.82, 2.24) is 9.71 Å². The SMILES string of the molecule is CCC(C)(C)CNS(=O)(=O)c1ccnc(Cl)c1. The maximum atomic E-state index is 11.9. The second-order valence-electron chi connectivity index (χ2n) is 4.66. The van der Waals surface area contributed by atoms with Crippen LogP contribution in [0.1, 0.15) is 27.2 Å². The minimum absolute atomic E-state index is 0.0656. The molecule has 1 N–H and O–H groups in total. The monoisotopic (exact) mass is 276 g/mol. The smallest absolute Gasteiger partial charge is 0.240 e. The van der Waals surface area contributed by atoms with E-state index in [0.29, 0.717) is 6.54 Å². The van der Waals surface area contributed by atoms with Crippen LogP contribution in [0, 0.1) is 5.41 Å². The van der Waals surface area contributed by atoms with Crippen molar-refractivity contribution in [2.24, 2.45) is 5.41 Å². The van der Waals surface area contributed by atoms with Gasteiger partial charge >= 0.3 is 0 Å². The summed E-state index contributed by atoms with van der Waals surface area (Å²) in [6, 6.07) is 2.76. The highest BCUT2D eigenvalue weighted by atomic mass is 35.5. The van der Waals surface area contributed by atoms with Gasteiger partial charge in [0.1, 0.15) is 5.15 Å². The fraction of sp³-hybridized carbons (Fsp3) is 0.545. The highest BCUT2D eigenvalue weighted by molar-refractivity contribution is 7.89. The molecule has 0 aromatic carbocycles. The Labute approximate surface area is 107 Å². The largest absolute Gasteiger partial charge is 0.244 e. The summed E-state index contributed by atoms with van der Waals surface area (Å²) in [6.07, 6.45) is 2.27. The van der Waals surface area contributed by atoms with Crippen LogP contribution in [0.3, 0.4) is 0 Å². The number of halogens is 1. The summed E-state index contributed by atoms with van der Waals surface area (Å²) in [6.45, 7) is 6.44. The summed E-state index contributed by atoms with van der Waals surface area (Å²) in [5.41, 5.74) is -0.0656.